The number of carbonyl (C=O) groups is 7. The maximum absolute atomic E-state index is 14.2. The molecule has 16 heteroatoms. The lowest BCUT2D eigenvalue weighted by atomic mass is 9.83. The number of carbonyl (C=O) groups excluding carboxylic acids is 5. The number of hydrogen-bond donors (Lipinski definition) is 9. The summed E-state index contributed by atoms with van der Waals surface area (Å²) in [4.78, 5) is 94.4. The fourth-order valence-corrected chi connectivity index (χ4v) is 9.18. The minimum Gasteiger partial charge on any atom is -0.481 e. The normalized spacial score (nSPS) is 20.6. The molecule has 2 saturated carbocycles. The molecule has 0 bridgehead atoms. The van der Waals surface area contributed by atoms with Gasteiger partial charge in [0.25, 0.3) is 0 Å². The molecule has 2 aliphatic rings. The standard InChI is InChI=1S/C48H67N7O9/c1-29(2)41(55-43(57)24-33(22-30-12-4-3-5-13-30)52-47(63)36-15-6-9-17-38(36)49)27-44(58)54-40-19-11-8-16-37(40)48(64)53-34(23-31-28-50-39-18-10-7-14-35(31)39)25-42(56)51-32(26-46(61)62)20-21-45(59)60/h3-5,7,10,12-14,18,28-29,32-34,36-38,40-41,50H,6,8-9,11,15-17,19-27,49H2,1-2H3,(H,51,56)(H,52,63)(H,53,64)(H,54,58)(H,55,57)(H,59,60)(H,61,62)/t32-,33-,34-,36+,37+,38+,40+,41+/m0/s1. The molecule has 1 aromatic heterocycles. The number of benzene rings is 2. The molecular weight excluding hydrogens is 819 g/mol. The molecule has 2 fully saturated rings. The smallest absolute Gasteiger partial charge is 0.305 e. The zero-order valence-electron chi connectivity index (χ0n) is 37.1. The number of aliphatic carboxylic acids is 2. The lowest BCUT2D eigenvalue weighted by Crippen LogP contribution is -2.52. The average molecular weight is 886 g/mol. The number of amides is 5. The Bertz CT molecular complexity index is 2060. The first-order chi connectivity index (χ1) is 30.6. The predicted octanol–water partition coefficient (Wildman–Crippen LogP) is 4.25. The van der Waals surface area contributed by atoms with Gasteiger partial charge in [0, 0.05) is 79.0 Å². The molecule has 0 aliphatic heterocycles. The van der Waals surface area contributed by atoms with Crippen LogP contribution in [0.5, 0.6) is 0 Å². The first kappa shape index (κ1) is 49.2. The Kier molecular flexibility index (Phi) is 18.7. The topological polar surface area (TPSA) is 262 Å². The SMILES string of the molecule is CC(C)[C@@H](CC(=O)N[C@@H]1CCCC[C@H]1C(=O)N[C@H](CC(=O)N[C@@H](CCC(=O)O)CC(=O)O)Cc1c[nH]c2ccccc12)NC(=O)C[C@H](Cc1ccccc1)NC(=O)[C@@H]1CCCC[C@H]1N. The molecule has 5 rings (SSSR count). The third-order valence-electron chi connectivity index (χ3n) is 12.7. The van der Waals surface area contributed by atoms with Gasteiger partial charge in [-0.15, -0.1) is 0 Å². The third-order valence-corrected chi connectivity index (χ3v) is 12.7. The van der Waals surface area contributed by atoms with Crippen molar-refractivity contribution in [3.8, 4) is 0 Å². The van der Waals surface area contributed by atoms with E-state index in [0.29, 0.717) is 25.7 Å². The van der Waals surface area contributed by atoms with Crippen LogP contribution in [0.3, 0.4) is 0 Å². The van der Waals surface area contributed by atoms with E-state index in [0.717, 1.165) is 54.1 Å². The first-order valence-electron chi connectivity index (χ1n) is 22.9. The van der Waals surface area contributed by atoms with Crippen LogP contribution < -0.4 is 32.3 Å². The highest BCUT2D eigenvalue weighted by atomic mass is 16.4. The van der Waals surface area contributed by atoms with Gasteiger partial charge < -0.3 is 47.5 Å². The summed E-state index contributed by atoms with van der Waals surface area (Å²) in [5, 5.41) is 34.5. The van der Waals surface area contributed by atoms with Crippen molar-refractivity contribution in [1.82, 2.24) is 31.6 Å². The van der Waals surface area contributed by atoms with Crippen molar-refractivity contribution in [1.29, 1.82) is 0 Å². The average Bonchev–Trinajstić information content (AvgIpc) is 3.65. The number of para-hydroxylation sites is 1. The van der Waals surface area contributed by atoms with E-state index in [4.69, 9.17) is 5.73 Å². The van der Waals surface area contributed by atoms with Crippen molar-refractivity contribution < 1.29 is 43.8 Å². The molecule has 8 atom stereocenters. The maximum Gasteiger partial charge on any atom is 0.305 e. The molecule has 5 amide bonds. The molecule has 10 N–H and O–H groups in total. The highest BCUT2D eigenvalue weighted by molar-refractivity contribution is 5.86. The number of aromatic nitrogens is 1. The zero-order chi connectivity index (χ0) is 46.2. The molecule has 0 unspecified atom stereocenters. The summed E-state index contributed by atoms with van der Waals surface area (Å²) in [5.41, 5.74) is 9.04. The van der Waals surface area contributed by atoms with Crippen molar-refractivity contribution in [2.24, 2.45) is 23.5 Å². The molecule has 0 radical (unpaired) electrons. The van der Waals surface area contributed by atoms with E-state index in [-0.39, 0.29) is 80.0 Å². The Balaban J connectivity index is 1.23. The van der Waals surface area contributed by atoms with E-state index in [1.165, 1.54) is 0 Å². The van der Waals surface area contributed by atoms with Gasteiger partial charge in [-0.25, -0.2) is 0 Å². The predicted molar refractivity (Wildman–Crippen MR) is 242 cm³/mol. The number of aromatic amines is 1. The highest BCUT2D eigenvalue weighted by Gasteiger charge is 2.35. The molecular formula is C48H67N7O9. The Labute approximate surface area is 375 Å². The van der Waals surface area contributed by atoms with Gasteiger partial charge in [-0.2, -0.15) is 0 Å². The highest BCUT2D eigenvalue weighted by Crippen LogP contribution is 2.27. The van der Waals surface area contributed by atoms with Gasteiger partial charge in [-0.1, -0.05) is 88.1 Å². The fourth-order valence-electron chi connectivity index (χ4n) is 9.18. The fraction of sp³-hybridized carbons (Fsp3) is 0.562. The molecule has 3 aromatic rings. The second-order valence-corrected chi connectivity index (χ2v) is 18.1. The Hall–Kier alpha value is -5.77. The number of carboxylic acids is 2. The van der Waals surface area contributed by atoms with Crippen LogP contribution in [0.1, 0.15) is 115 Å². The van der Waals surface area contributed by atoms with E-state index in [1.54, 1.807) is 0 Å². The van der Waals surface area contributed by atoms with Gasteiger partial charge in [0.2, 0.25) is 29.5 Å². The maximum atomic E-state index is 14.2. The number of hydrogen-bond acceptors (Lipinski definition) is 8. The summed E-state index contributed by atoms with van der Waals surface area (Å²) < 4.78 is 0. The summed E-state index contributed by atoms with van der Waals surface area (Å²) in [6, 6.07) is 13.9. The Morgan fingerprint density at radius 2 is 1.27 bits per heavy atom. The van der Waals surface area contributed by atoms with Gasteiger partial charge in [-0.3, -0.25) is 33.6 Å². The van der Waals surface area contributed by atoms with E-state index < -0.39 is 60.4 Å². The third kappa shape index (κ3) is 15.5. The van der Waals surface area contributed by atoms with Crippen molar-refractivity contribution in [2.75, 3.05) is 0 Å². The summed E-state index contributed by atoms with van der Waals surface area (Å²) in [5.74, 6) is -4.93. The molecule has 348 valence electrons. The molecule has 2 aromatic carbocycles. The summed E-state index contributed by atoms with van der Waals surface area (Å²) >= 11 is 0. The van der Waals surface area contributed by atoms with Gasteiger partial charge >= 0.3 is 11.9 Å². The number of fused-ring (bicyclic) bond motifs is 1. The summed E-state index contributed by atoms with van der Waals surface area (Å²) in [6.45, 7) is 3.84. The minimum atomic E-state index is -1.18. The van der Waals surface area contributed by atoms with Crippen molar-refractivity contribution in [3.05, 3.63) is 71.9 Å². The first-order valence-corrected chi connectivity index (χ1v) is 22.9. The van der Waals surface area contributed by atoms with Crippen LogP contribution >= 0.6 is 0 Å². The molecule has 0 spiro atoms. The zero-order valence-corrected chi connectivity index (χ0v) is 37.1. The van der Waals surface area contributed by atoms with Gasteiger partial charge in [0.1, 0.15) is 0 Å². The largest absolute Gasteiger partial charge is 0.481 e. The van der Waals surface area contributed by atoms with Crippen molar-refractivity contribution in [2.45, 2.75) is 153 Å². The lowest BCUT2D eigenvalue weighted by molar-refractivity contribution is -0.140. The minimum absolute atomic E-state index is 0.0125. The van der Waals surface area contributed by atoms with Crippen molar-refractivity contribution >= 4 is 52.4 Å². The molecule has 0 saturated heterocycles. The molecule has 1 heterocycles. The van der Waals surface area contributed by atoms with Gasteiger partial charge in [0.15, 0.2) is 0 Å². The summed E-state index contributed by atoms with van der Waals surface area (Å²) in [6.07, 6.45) is 7.53. The number of nitrogens with one attached hydrogen (secondary N) is 6. The summed E-state index contributed by atoms with van der Waals surface area (Å²) in [7, 11) is 0. The number of nitrogens with two attached hydrogens (primary N) is 1. The molecule has 2 aliphatic carbocycles. The molecule has 64 heavy (non-hydrogen) atoms. The van der Waals surface area contributed by atoms with Crippen LogP contribution in [0.25, 0.3) is 10.9 Å². The van der Waals surface area contributed by atoms with Gasteiger partial charge in [0.05, 0.1) is 18.3 Å². The number of carboxylic acid groups (broad SMARTS) is 2. The number of rotatable bonds is 23. The number of H-pyrrole nitrogens is 1. The van der Waals surface area contributed by atoms with Crippen LogP contribution in [0.15, 0.2) is 60.8 Å². The van der Waals surface area contributed by atoms with E-state index in [9.17, 15) is 43.8 Å². The van der Waals surface area contributed by atoms with Crippen molar-refractivity contribution in [3.63, 3.8) is 0 Å². The van der Waals surface area contributed by atoms with E-state index in [2.05, 4.69) is 31.6 Å². The van der Waals surface area contributed by atoms with Crippen LogP contribution in [-0.2, 0) is 46.4 Å². The Morgan fingerprint density at radius 1 is 0.656 bits per heavy atom. The quantitative estimate of drug-likeness (QED) is 0.0654. The van der Waals surface area contributed by atoms with Crippen LogP contribution in [-0.4, -0.2) is 92.9 Å². The van der Waals surface area contributed by atoms with Crippen LogP contribution in [0.4, 0.5) is 0 Å². The monoisotopic (exact) mass is 886 g/mol. The second-order valence-electron chi connectivity index (χ2n) is 18.1. The molecule has 16 nitrogen and oxygen atoms in total. The van der Waals surface area contributed by atoms with Crippen LogP contribution in [0, 0.1) is 17.8 Å². The van der Waals surface area contributed by atoms with E-state index >= 15 is 0 Å². The second kappa shape index (κ2) is 24.3. The lowest BCUT2D eigenvalue weighted by Gasteiger charge is -2.33. The van der Waals surface area contributed by atoms with Crippen LogP contribution in [0.2, 0.25) is 0 Å². The van der Waals surface area contributed by atoms with E-state index in [1.807, 2.05) is 74.6 Å². The van der Waals surface area contributed by atoms with Gasteiger partial charge in [-0.05, 0) is 68.1 Å². The Morgan fingerprint density at radius 3 is 1.94 bits per heavy atom.